The fourth-order valence-electron chi connectivity index (χ4n) is 3.78. The Hall–Kier alpha value is -1.26. The quantitative estimate of drug-likeness (QED) is 0.760. The largest absolute Gasteiger partial charge is 0.313 e. The molecule has 0 heterocycles. The third-order valence-corrected chi connectivity index (χ3v) is 4.70. The van der Waals surface area contributed by atoms with E-state index < -0.39 is 0 Å². The molecule has 0 aliphatic heterocycles. The summed E-state index contributed by atoms with van der Waals surface area (Å²) in [5.74, 6) is 6.27. The number of rotatable bonds is 6. The molecule has 0 bridgehead atoms. The van der Waals surface area contributed by atoms with Crippen LogP contribution in [0.3, 0.4) is 0 Å². The van der Waals surface area contributed by atoms with Crippen molar-refractivity contribution in [1.82, 2.24) is 5.32 Å². The summed E-state index contributed by atoms with van der Waals surface area (Å²) in [6.45, 7) is 5.19. The number of benzene rings is 1. The molecule has 1 N–H and O–H groups in total. The van der Waals surface area contributed by atoms with Gasteiger partial charge in [-0.15, -0.1) is 11.8 Å². The predicted octanol–water partition coefficient (Wildman–Crippen LogP) is 4.28. The van der Waals surface area contributed by atoms with E-state index in [2.05, 4.69) is 54.4 Å². The molecule has 1 atom stereocenters. The smallest absolute Gasteiger partial charge is 0.0173 e. The molecular weight excluding hydrogens is 242 g/mol. The minimum atomic E-state index is 0.326. The lowest BCUT2D eigenvalue weighted by atomic mass is 9.71. The highest BCUT2D eigenvalue weighted by atomic mass is 14.9. The molecule has 1 nitrogen and oxygen atoms in total. The molecule has 0 saturated heterocycles. The second-order valence-electron chi connectivity index (χ2n) is 5.80. The SMILES string of the molecule is CC#CCCC(NCC)C1(c2ccccc2)CCCC1. The van der Waals surface area contributed by atoms with Crippen LogP contribution in [0.1, 0.15) is 57.9 Å². The summed E-state index contributed by atoms with van der Waals surface area (Å²) in [7, 11) is 0. The minimum absolute atomic E-state index is 0.326. The van der Waals surface area contributed by atoms with E-state index in [0.717, 1.165) is 19.4 Å². The van der Waals surface area contributed by atoms with E-state index in [1.807, 2.05) is 6.92 Å². The van der Waals surface area contributed by atoms with Crippen LogP contribution in [-0.2, 0) is 5.41 Å². The molecule has 108 valence electrons. The van der Waals surface area contributed by atoms with Crippen LogP contribution in [0.5, 0.6) is 0 Å². The molecule has 20 heavy (non-hydrogen) atoms. The molecule has 1 aliphatic carbocycles. The Labute approximate surface area is 124 Å². The van der Waals surface area contributed by atoms with Gasteiger partial charge in [0.25, 0.3) is 0 Å². The van der Waals surface area contributed by atoms with Crippen molar-refractivity contribution in [1.29, 1.82) is 0 Å². The lowest BCUT2D eigenvalue weighted by Gasteiger charge is -2.39. The van der Waals surface area contributed by atoms with Crippen molar-refractivity contribution < 1.29 is 0 Å². The van der Waals surface area contributed by atoms with Gasteiger partial charge >= 0.3 is 0 Å². The molecular formula is C19H27N. The first-order valence-corrected chi connectivity index (χ1v) is 8.02. The van der Waals surface area contributed by atoms with E-state index in [1.165, 1.54) is 31.2 Å². The van der Waals surface area contributed by atoms with Crippen LogP contribution in [-0.4, -0.2) is 12.6 Å². The van der Waals surface area contributed by atoms with Gasteiger partial charge in [-0.25, -0.2) is 0 Å². The van der Waals surface area contributed by atoms with Gasteiger partial charge in [-0.3, -0.25) is 0 Å². The summed E-state index contributed by atoms with van der Waals surface area (Å²) in [5, 5.41) is 3.75. The molecule has 1 heteroatoms. The van der Waals surface area contributed by atoms with Crippen LogP contribution in [0.25, 0.3) is 0 Å². The standard InChI is InChI=1S/C19H27N/c1-3-5-7-14-18(20-4-2)19(15-10-11-16-19)17-12-8-6-9-13-17/h6,8-9,12-13,18,20H,4,7,10-11,14-16H2,1-2H3. The molecule has 1 saturated carbocycles. The fraction of sp³-hybridized carbons (Fsp3) is 0.579. The van der Waals surface area contributed by atoms with Gasteiger partial charge in [0.2, 0.25) is 0 Å². The number of hydrogen-bond donors (Lipinski definition) is 1. The van der Waals surface area contributed by atoms with Crippen molar-refractivity contribution in [2.45, 2.75) is 63.8 Å². The zero-order valence-electron chi connectivity index (χ0n) is 12.9. The van der Waals surface area contributed by atoms with Crippen molar-refractivity contribution in [3.05, 3.63) is 35.9 Å². The van der Waals surface area contributed by atoms with Gasteiger partial charge in [0.1, 0.15) is 0 Å². The van der Waals surface area contributed by atoms with Gasteiger partial charge in [0.15, 0.2) is 0 Å². The van der Waals surface area contributed by atoms with Crippen LogP contribution >= 0.6 is 0 Å². The topological polar surface area (TPSA) is 12.0 Å². The maximum atomic E-state index is 3.75. The molecule has 1 aromatic rings. The van der Waals surface area contributed by atoms with Gasteiger partial charge in [-0.05, 0) is 38.3 Å². The Morgan fingerprint density at radius 3 is 2.50 bits per heavy atom. The second-order valence-corrected chi connectivity index (χ2v) is 5.80. The average Bonchev–Trinajstić information content (AvgIpc) is 2.98. The Morgan fingerprint density at radius 2 is 1.90 bits per heavy atom. The molecule has 1 unspecified atom stereocenters. The molecule has 0 aromatic heterocycles. The Bertz CT molecular complexity index is 446. The van der Waals surface area contributed by atoms with Crippen molar-refractivity contribution in [3.63, 3.8) is 0 Å². The van der Waals surface area contributed by atoms with Crippen LogP contribution in [0.4, 0.5) is 0 Å². The van der Waals surface area contributed by atoms with Gasteiger partial charge in [-0.1, -0.05) is 50.1 Å². The summed E-state index contributed by atoms with van der Waals surface area (Å²) < 4.78 is 0. The summed E-state index contributed by atoms with van der Waals surface area (Å²) in [6, 6.07) is 11.7. The lowest BCUT2D eigenvalue weighted by Crippen LogP contribution is -2.47. The first kappa shape index (κ1) is 15.1. The van der Waals surface area contributed by atoms with Gasteiger partial charge in [0.05, 0.1) is 0 Å². The summed E-state index contributed by atoms with van der Waals surface area (Å²) in [6.07, 6.45) is 7.50. The van der Waals surface area contributed by atoms with E-state index in [4.69, 9.17) is 0 Å². The van der Waals surface area contributed by atoms with Crippen molar-refractivity contribution >= 4 is 0 Å². The number of likely N-dealkylation sites (N-methyl/N-ethyl adjacent to an activating group) is 1. The van der Waals surface area contributed by atoms with Crippen LogP contribution in [0.15, 0.2) is 30.3 Å². The number of nitrogens with one attached hydrogen (secondary N) is 1. The zero-order valence-corrected chi connectivity index (χ0v) is 12.9. The fourth-order valence-corrected chi connectivity index (χ4v) is 3.78. The number of hydrogen-bond acceptors (Lipinski definition) is 1. The second kappa shape index (κ2) is 7.50. The molecule has 1 fully saturated rings. The van der Waals surface area contributed by atoms with Crippen molar-refractivity contribution in [3.8, 4) is 11.8 Å². The van der Waals surface area contributed by atoms with E-state index in [9.17, 15) is 0 Å². The van der Waals surface area contributed by atoms with Gasteiger partial charge in [0, 0.05) is 17.9 Å². The highest BCUT2D eigenvalue weighted by Gasteiger charge is 2.41. The summed E-state index contributed by atoms with van der Waals surface area (Å²) in [5.41, 5.74) is 1.85. The van der Waals surface area contributed by atoms with Crippen molar-refractivity contribution in [2.75, 3.05) is 6.54 Å². The first-order valence-electron chi connectivity index (χ1n) is 8.02. The molecule has 1 aliphatic rings. The predicted molar refractivity (Wildman–Crippen MR) is 86.7 cm³/mol. The van der Waals surface area contributed by atoms with E-state index >= 15 is 0 Å². The first-order chi connectivity index (χ1) is 9.83. The maximum Gasteiger partial charge on any atom is 0.0173 e. The summed E-state index contributed by atoms with van der Waals surface area (Å²) >= 11 is 0. The normalized spacial score (nSPS) is 18.3. The van der Waals surface area contributed by atoms with E-state index in [1.54, 1.807) is 0 Å². The monoisotopic (exact) mass is 269 g/mol. The zero-order chi connectivity index (χ0) is 14.3. The third kappa shape index (κ3) is 3.25. The minimum Gasteiger partial charge on any atom is -0.313 e. The van der Waals surface area contributed by atoms with E-state index in [-0.39, 0.29) is 0 Å². The molecule has 0 amide bonds. The van der Waals surface area contributed by atoms with Crippen LogP contribution in [0, 0.1) is 11.8 Å². The maximum absolute atomic E-state index is 3.75. The van der Waals surface area contributed by atoms with E-state index in [0.29, 0.717) is 11.5 Å². The Morgan fingerprint density at radius 1 is 1.20 bits per heavy atom. The highest BCUT2D eigenvalue weighted by Crippen LogP contribution is 2.44. The molecule has 0 spiro atoms. The third-order valence-electron chi connectivity index (χ3n) is 4.70. The van der Waals surface area contributed by atoms with Gasteiger partial charge < -0.3 is 5.32 Å². The van der Waals surface area contributed by atoms with Gasteiger partial charge in [-0.2, -0.15) is 0 Å². The molecule has 2 rings (SSSR count). The summed E-state index contributed by atoms with van der Waals surface area (Å²) in [4.78, 5) is 0. The average molecular weight is 269 g/mol. The van der Waals surface area contributed by atoms with Crippen molar-refractivity contribution in [2.24, 2.45) is 0 Å². The Kier molecular flexibility index (Phi) is 5.68. The molecule has 1 aromatic carbocycles. The van der Waals surface area contributed by atoms with Crippen LogP contribution < -0.4 is 5.32 Å². The molecule has 0 radical (unpaired) electrons. The Balaban J connectivity index is 2.25. The lowest BCUT2D eigenvalue weighted by molar-refractivity contribution is 0.287. The highest BCUT2D eigenvalue weighted by molar-refractivity contribution is 5.29. The van der Waals surface area contributed by atoms with Crippen LogP contribution in [0.2, 0.25) is 0 Å².